The van der Waals surface area contributed by atoms with Gasteiger partial charge in [0.15, 0.2) is 0 Å². The van der Waals surface area contributed by atoms with Crippen LogP contribution in [0.15, 0.2) is 36.7 Å². The van der Waals surface area contributed by atoms with Crippen LogP contribution in [0.5, 0.6) is 0 Å². The van der Waals surface area contributed by atoms with E-state index >= 15 is 0 Å². The minimum Gasteiger partial charge on any atom is -0.395 e. The zero-order valence-corrected chi connectivity index (χ0v) is 13.6. The Kier molecular flexibility index (Phi) is 6.44. The molecule has 24 heavy (non-hydrogen) atoms. The van der Waals surface area contributed by atoms with Gasteiger partial charge in [-0.05, 0) is 18.9 Å². The number of anilines is 2. The number of likely N-dealkylation sites (N-methyl/N-ethyl adjacent to an activating group) is 1. The van der Waals surface area contributed by atoms with E-state index in [0.717, 1.165) is 12.0 Å². The van der Waals surface area contributed by atoms with Crippen molar-refractivity contribution in [1.29, 1.82) is 0 Å². The summed E-state index contributed by atoms with van der Waals surface area (Å²) in [6.07, 6.45) is 2.03. The Labute approximate surface area is 140 Å². The van der Waals surface area contributed by atoms with E-state index in [2.05, 4.69) is 15.3 Å². The standard InChI is InChI=1S/C16H21N5O3/c1-2-20(10-11-22)16-14(21(23)24)15(18-12-19-16)17-9-8-13-6-4-3-5-7-13/h3-7,12,22H,2,8-11H2,1H3,(H,17,18,19). The molecule has 0 fully saturated rings. The maximum absolute atomic E-state index is 11.5. The zero-order valence-electron chi connectivity index (χ0n) is 13.6. The van der Waals surface area contributed by atoms with Gasteiger partial charge in [0.2, 0.25) is 11.6 Å². The van der Waals surface area contributed by atoms with Crippen molar-refractivity contribution in [3.05, 3.63) is 52.3 Å². The number of nitrogens with zero attached hydrogens (tertiary/aromatic N) is 4. The molecule has 0 unspecified atom stereocenters. The van der Waals surface area contributed by atoms with Crippen LogP contribution in [-0.2, 0) is 6.42 Å². The van der Waals surface area contributed by atoms with Crippen LogP contribution in [0.3, 0.4) is 0 Å². The van der Waals surface area contributed by atoms with Crippen LogP contribution in [0.2, 0.25) is 0 Å². The summed E-state index contributed by atoms with van der Waals surface area (Å²) < 4.78 is 0. The van der Waals surface area contributed by atoms with E-state index < -0.39 is 4.92 Å². The first-order valence-electron chi connectivity index (χ1n) is 7.80. The van der Waals surface area contributed by atoms with Gasteiger partial charge in [0.1, 0.15) is 6.33 Å². The summed E-state index contributed by atoms with van der Waals surface area (Å²) >= 11 is 0. The SMILES string of the molecule is CCN(CCO)c1ncnc(NCCc2ccccc2)c1[N+](=O)[O-]. The van der Waals surface area contributed by atoms with Crippen LogP contribution in [0.4, 0.5) is 17.3 Å². The third-order valence-electron chi connectivity index (χ3n) is 3.59. The highest BCUT2D eigenvalue weighted by Gasteiger charge is 2.26. The molecule has 0 radical (unpaired) electrons. The van der Waals surface area contributed by atoms with Gasteiger partial charge in [0.05, 0.1) is 11.5 Å². The summed E-state index contributed by atoms with van der Waals surface area (Å²) in [6, 6.07) is 9.85. The van der Waals surface area contributed by atoms with Gasteiger partial charge in [0, 0.05) is 19.6 Å². The van der Waals surface area contributed by atoms with Crippen molar-refractivity contribution in [3.63, 3.8) is 0 Å². The Balaban J connectivity index is 2.18. The van der Waals surface area contributed by atoms with Gasteiger partial charge in [-0.25, -0.2) is 9.97 Å². The van der Waals surface area contributed by atoms with Gasteiger partial charge in [-0.15, -0.1) is 0 Å². The summed E-state index contributed by atoms with van der Waals surface area (Å²) in [6.45, 7) is 3.04. The van der Waals surface area contributed by atoms with E-state index in [1.807, 2.05) is 37.3 Å². The fourth-order valence-corrected chi connectivity index (χ4v) is 2.40. The summed E-state index contributed by atoms with van der Waals surface area (Å²) in [5.41, 5.74) is 0.971. The van der Waals surface area contributed by atoms with Crippen molar-refractivity contribution in [1.82, 2.24) is 9.97 Å². The van der Waals surface area contributed by atoms with Gasteiger partial charge < -0.3 is 15.3 Å². The molecular weight excluding hydrogens is 310 g/mol. The highest BCUT2D eigenvalue weighted by Crippen LogP contribution is 2.31. The normalized spacial score (nSPS) is 10.4. The molecule has 0 aliphatic carbocycles. The molecule has 128 valence electrons. The fourth-order valence-electron chi connectivity index (χ4n) is 2.40. The molecule has 0 saturated carbocycles. The number of aromatic nitrogens is 2. The van der Waals surface area contributed by atoms with E-state index in [1.54, 1.807) is 4.90 Å². The molecule has 0 amide bonds. The van der Waals surface area contributed by atoms with Crippen molar-refractivity contribution < 1.29 is 10.0 Å². The highest BCUT2D eigenvalue weighted by atomic mass is 16.6. The molecule has 8 nitrogen and oxygen atoms in total. The number of nitro groups is 1. The highest BCUT2D eigenvalue weighted by molar-refractivity contribution is 5.70. The van der Waals surface area contributed by atoms with Crippen LogP contribution in [0, 0.1) is 10.1 Å². The number of nitrogens with one attached hydrogen (secondary N) is 1. The molecule has 1 heterocycles. The first-order valence-corrected chi connectivity index (χ1v) is 7.80. The van der Waals surface area contributed by atoms with E-state index in [0.29, 0.717) is 13.1 Å². The largest absolute Gasteiger partial charge is 0.395 e. The average molecular weight is 331 g/mol. The van der Waals surface area contributed by atoms with Crippen molar-refractivity contribution in [2.75, 3.05) is 36.5 Å². The Morgan fingerprint density at radius 2 is 2.04 bits per heavy atom. The maximum Gasteiger partial charge on any atom is 0.353 e. The molecule has 0 saturated heterocycles. The molecule has 2 N–H and O–H groups in total. The second-order valence-electron chi connectivity index (χ2n) is 5.12. The lowest BCUT2D eigenvalue weighted by molar-refractivity contribution is -0.383. The average Bonchev–Trinajstić information content (AvgIpc) is 2.60. The fraction of sp³-hybridized carbons (Fsp3) is 0.375. The molecule has 1 aromatic carbocycles. The minimum atomic E-state index is -0.486. The second kappa shape index (κ2) is 8.78. The Bertz CT molecular complexity index is 666. The van der Waals surface area contributed by atoms with Crippen molar-refractivity contribution >= 4 is 17.3 Å². The Hall–Kier alpha value is -2.74. The number of benzene rings is 1. The Morgan fingerprint density at radius 1 is 1.29 bits per heavy atom. The number of aliphatic hydroxyl groups excluding tert-OH is 1. The molecule has 0 aliphatic heterocycles. The van der Waals surface area contributed by atoms with Crippen LogP contribution in [0.25, 0.3) is 0 Å². The molecule has 2 rings (SSSR count). The van der Waals surface area contributed by atoms with Crippen molar-refractivity contribution in [3.8, 4) is 0 Å². The van der Waals surface area contributed by atoms with Crippen molar-refractivity contribution in [2.45, 2.75) is 13.3 Å². The summed E-state index contributed by atoms with van der Waals surface area (Å²) in [7, 11) is 0. The zero-order chi connectivity index (χ0) is 17.4. The maximum atomic E-state index is 11.5. The van der Waals surface area contributed by atoms with E-state index in [1.165, 1.54) is 6.33 Å². The third-order valence-corrected chi connectivity index (χ3v) is 3.59. The lowest BCUT2D eigenvalue weighted by atomic mass is 10.1. The first-order chi connectivity index (χ1) is 11.7. The summed E-state index contributed by atoms with van der Waals surface area (Å²) in [4.78, 5) is 20.7. The number of hydrogen-bond donors (Lipinski definition) is 2. The van der Waals surface area contributed by atoms with Crippen LogP contribution in [-0.4, -0.2) is 46.2 Å². The second-order valence-corrected chi connectivity index (χ2v) is 5.12. The summed E-state index contributed by atoms with van der Waals surface area (Å²) in [5.74, 6) is 0.408. The molecule has 2 aromatic rings. The molecule has 0 aliphatic rings. The summed E-state index contributed by atoms with van der Waals surface area (Å²) in [5, 5.41) is 23.6. The third kappa shape index (κ3) is 4.39. The Morgan fingerprint density at radius 3 is 2.67 bits per heavy atom. The molecule has 8 heteroatoms. The van der Waals surface area contributed by atoms with Crippen molar-refractivity contribution in [2.24, 2.45) is 0 Å². The number of hydrogen-bond acceptors (Lipinski definition) is 7. The molecule has 0 atom stereocenters. The molecule has 1 aromatic heterocycles. The van der Waals surface area contributed by atoms with Crippen LogP contribution < -0.4 is 10.2 Å². The topological polar surface area (TPSA) is 104 Å². The minimum absolute atomic E-state index is 0.105. The lowest BCUT2D eigenvalue weighted by Crippen LogP contribution is -2.28. The van der Waals surface area contributed by atoms with E-state index in [9.17, 15) is 10.1 Å². The lowest BCUT2D eigenvalue weighted by Gasteiger charge is -2.20. The van der Waals surface area contributed by atoms with E-state index in [4.69, 9.17) is 5.11 Å². The predicted molar refractivity (Wildman–Crippen MR) is 92.3 cm³/mol. The van der Waals surface area contributed by atoms with Gasteiger partial charge >= 0.3 is 5.69 Å². The van der Waals surface area contributed by atoms with E-state index in [-0.39, 0.29) is 30.5 Å². The molecule has 0 bridgehead atoms. The van der Waals surface area contributed by atoms with Gasteiger partial charge in [0.25, 0.3) is 0 Å². The quantitative estimate of drug-likeness (QED) is 0.534. The van der Waals surface area contributed by atoms with Gasteiger partial charge in [-0.3, -0.25) is 10.1 Å². The van der Waals surface area contributed by atoms with Crippen LogP contribution in [0.1, 0.15) is 12.5 Å². The monoisotopic (exact) mass is 331 g/mol. The molecular formula is C16H21N5O3. The number of rotatable bonds is 9. The first kappa shape index (κ1) is 17.6. The predicted octanol–water partition coefficient (Wildman–Crippen LogP) is 1.86. The van der Waals surface area contributed by atoms with Crippen LogP contribution >= 0.6 is 0 Å². The number of aliphatic hydroxyl groups is 1. The van der Waals surface area contributed by atoms with Gasteiger partial charge in [-0.2, -0.15) is 0 Å². The smallest absolute Gasteiger partial charge is 0.353 e. The van der Waals surface area contributed by atoms with Gasteiger partial charge in [-0.1, -0.05) is 30.3 Å². The molecule has 0 spiro atoms.